The zero-order valence-corrected chi connectivity index (χ0v) is 14.1. The summed E-state index contributed by atoms with van der Waals surface area (Å²) in [4.78, 5) is 25.7. The minimum Gasteiger partial charge on any atom is -0.472 e. The van der Waals surface area contributed by atoms with Crippen molar-refractivity contribution in [2.75, 3.05) is 0 Å². The van der Waals surface area contributed by atoms with Crippen LogP contribution >= 0.6 is 0 Å². The lowest BCUT2D eigenvalue weighted by molar-refractivity contribution is -0.247. The summed E-state index contributed by atoms with van der Waals surface area (Å²) >= 11 is 0. The van der Waals surface area contributed by atoms with Gasteiger partial charge >= 0.3 is 11.9 Å². The van der Waals surface area contributed by atoms with Crippen LogP contribution in [0.5, 0.6) is 0 Å². The van der Waals surface area contributed by atoms with Crippen molar-refractivity contribution in [1.82, 2.24) is 0 Å². The molecular weight excluding hydrogens is 336 g/mol. The van der Waals surface area contributed by atoms with Crippen LogP contribution in [0, 0.1) is 16.7 Å². The Balaban J connectivity index is 1.54. The summed E-state index contributed by atoms with van der Waals surface area (Å²) in [7, 11) is 0. The fraction of sp³-hybridized carbons (Fsp3) is 0.500. The summed E-state index contributed by atoms with van der Waals surface area (Å²) in [6.45, 7) is 4.33. The van der Waals surface area contributed by atoms with Gasteiger partial charge in [-0.1, -0.05) is 18.2 Å². The second-order valence-corrected chi connectivity index (χ2v) is 7.98. The van der Waals surface area contributed by atoms with Crippen molar-refractivity contribution >= 4 is 11.9 Å². The molecule has 6 rings (SSSR count). The van der Waals surface area contributed by atoms with E-state index in [4.69, 9.17) is 18.6 Å². The van der Waals surface area contributed by atoms with Crippen molar-refractivity contribution in [3.63, 3.8) is 0 Å². The van der Waals surface area contributed by atoms with E-state index >= 15 is 0 Å². The zero-order valence-electron chi connectivity index (χ0n) is 14.1. The Morgan fingerprint density at radius 1 is 1.23 bits per heavy atom. The normalized spacial score (nSPS) is 45.5. The average Bonchev–Trinajstić information content (AvgIpc) is 3.32. The molecular formula is C20H18O6. The number of carbonyl (C=O) groups is 2. The lowest BCUT2D eigenvalue weighted by Crippen LogP contribution is -2.66. The average molecular weight is 354 g/mol. The third-order valence-corrected chi connectivity index (χ3v) is 7.19. The SMILES string of the molecule is C=C1CC2OC(=O)C3=CCCC4C15CC(c1ccoc1)OC5OC(=O)[C@]324. The molecule has 26 heavy (non-hydrogen) atoms. The van der Waals surface area contributed by atoms with E-state index in [-0.39, 0.29) is 24.0 Å². The van der Waals surface area contributed by atoms with Crippen LogP contribution in [0.15, 0.2) is 46.8 Å². The highest BCUT2D eigenvalue weighted by Crippen LogP contribution is 2.72. The van der Waals surface area contributed by atoms with Crippen LogP contribution < -0.4 is 0 Å². The maximum atomic E-state index is 13.2. The third-order valence-electron chi connectivity index (χ3n) is 7.19. The molecule has 134 valence electrons. The second-order valence-electron chi connectivity index (χ2n) is 7.98. The molecule has 0 N–H and O–H groups in total. The molecule has 1 aromatic heterocycles. The third kappa shape index (κ3) is 1.39. The van der Waals surface area contributed by atoms with Crippen molar-refractivity contribution in [3.8, 4) is 0 Å². The Morgan fingerprint density at radius 2 is 2.12 bits per heavy atom. The first-order valence-corrected chi connectivity index (χ1v) is 9.07. The summed E-state index contributed by atoms with van der Waals surface area (Å²) in [6.07, 6.45) is 6.43. The van der Waals surface area contributed by atoms with Crippen LogP contribution in [0.25, 0.3) is 0 Å². The first-order chi connectivity index (χ1) is 12.6. The molecule has 6 nitrogen and oxygen atoms in total. The predicted octanol–water partition coefficient (Wildman–Crippen LogP) is 2.82. The molecule has 2 spiro atoms. The van der Waals surface area contributed by atoms with Gasteiger partial charge in [0.25, 0.3) is 0 Å². The molecule has 0 radical (unpaired) electrons. The number of rotatable bonds is 1. The maximum absolute atomic E-state index is 13.2. The standard InChI is InChI=1S/C20H18O6/c1-10-7-15-20-12(16(21)25-15)3-2-4-14(20)19(10)8-13(11-5-6-23-9-11)24-18(19)26-17(20)22/h3,5-6,9,13-15,18H,1-2,4,7-8H2/t13?,14?,15?,18?,19?,20-/m0/s1. The van der Waals surface area contributed by atoms with Gasteiger partial charge in [-0.3, -0.25) is 4.79 Å². The lowest BCUT2D eigenvalue weighted by atomic mass is 9.45. The molecule has 3 aliphatic heterocycles. The van der Waals surface area contributed by atoms with Gasteiger partial charge in [0, 0.05) is 12.0 Å². The minimum absolute atomic E-state index is 0.0872. The van der Waals surface area contributed by atoms with Crippen molar-refractivity contribution in [3.05, 3.63) is 48.0 Å². The van der Waals surface area contributed by atoms with Crippen molar-refractivity contribution < 1.29 is 28.2 Å². The maximum Gasteiger partial charge on any atom is 0.335 e. The number of furan rings is 1. The summed E-state index contributed by atoms with van der Waals surface area (Å²) in [5, 5.41) is 0. The van der Waals surface area contributed by atoms with E-state index in [1.807, 2.05) is 12.1 Å². The Kier molecular flexibility index (Phi) is 2.55. The van der Waals surface area contributed by atoms with Gasteiger partial charge in [0.1, 0.15) is 11.5 Å². The molecule has 0 amide bonds. The highest BCUT2D eigenvalue weighted by atomic mass is 16.7. The van der Waals surface area contributed by atoms with Crippen molar-refractivity contribution in [2.45, 2.75) is 44.2 Å². The van der Waals surface area contributed by atoms with E-state index in [0.29, 0.717) is 18.4 Å². The number of carbonyl (C=O) groups excluding carboxylic acids is 2. The van der Waals surface area contributed by atoms with Crippen molar-refractivity contribution in [1.29, 1.82) is 0 Å². The van der Waals surface area contributed by atoms with Crippen LogP contribution in [0.1, 0.15) is 37.4 Å². The van der Waals surface area contributed by atoms with Crippen LogP contribution in [-0.4, -0.2) is 24.3 Å². The van der Waals surface area contributed by atoms with Gasteiger partial charge in [-0.2, -0.15) is 0 Å². The number of ether oxygens (including phenoxy) is 3. The summed E-state index contributed by atoms with van der Waals surface area (Å²) < 4.78 is 22.8. The molecule has 5 aliphatic rings. The number of hydrogen-bond acceptors (Lipinski definition) is 6. The highest BCUT2D eigenvalue weighted by Gasteiger charge is 2.78. The van der Waals surface area contributed by atoms with Gasteiger partial charge < -0.3 is 18.6 Å². The van der Waals surface area contributed by atoms with E-state index in [1.54, 1.807) is 12.5 Å². The van der Waals surface area contributed by atoms with Gasteiger partial charge in [0.15, 0.2) is 0 Å². The molecule has 1 saturated carbocycles. The van der Waals surface area contributed by atoms with E-state index < -0.39 is 23.2 Å². The molecule has 4 fully saturated rings. The quantitative estimate of drug-likeness (QED) is 0.570. The van der Waals surface area contributed by atoms with Crippen LogP contribution in [0.4, 0.5) is 0 Å². The predicted molar refractivity (Wildman–Crippen MR) is 86.3 cm³/mol. The molecule has 4 heterocycles. The van der Waals surface area contributed by atoms with E-state index in [2.05, 4.69) is 6.58 Å². The molecule has 2 bridgehead atoms. The molecule has 0 aromatic carbocycles. The van der Waals surface area contributed by atoms with E-state index in [1.165, 1.54) is 0 Å². The topological polar surface area (TPSA) is 75.0 Å². The smallest absolute Gasteiger partial charge is 0.335 e. The molecule has 6 heteroatoms. The van der Waals surface area contributed by atoms with Gasteiger partial charge in [-0.15, -0.1) is 0 Å². The Hall–Kier alpha value is -2.34. The second kappa shape index (κ2) is 4.49. The molecule has 5 unspecified atom stereocenters. The van der Waals surface area contributed by atoms with Crippen LogP contribution in [-0.2, 0) is 23.8 Å². The lowest BCUT2D eigenvalue weighted by Gasteiger charge is -2.58. The first-order valence-electron chi connectivity index (χ1n) is 9.07. The number of hydrogen-bond donors (Lipinski definition) is 0. The van der Waals surface area contributed by atoms with Gasteiger partial charge in [-0.25, -0.2) is 4.79 Å². The Bertz CT molecular complexity index is 882. The van der Waals surface area contributed by atoms with Gasteiger partial charge in [-0.05, 0) is 31.2 Å². The summed E-state index contributed by atoms with van der Waals surface area (Å²) in [5.74, 6) is -0.855. The monoisotopic (exact) mass is 354 g/mol. The number of esters is 2. The van der Waals surface area contributed by atoms with E-state index in [9.17, 15) is 9.59 Å². The first kappa shape index (κ1) is 14.8. The highest BCUT2D eigenvalue weighted by molar-refractivity contribution is 6.03. The Morgan fingerprint density at radius 3 is 2.92 bits per heavy atom. The van der Waals surface area contributed by atoms with E-state index in [0.717, 1.165) is 24.0 Å². The fourth-order valence-electron chi connectivity index (χ4n) is 6.15. The van der Waals surface area contributed by atoms with Crippen molar-refractivity contribution in [2.24, 2.45) is 16.7 Å². The zero-order chi connectivity index (χ0) is 17.7. The van der Waals surface area contributed by atoms with Crippen LogP contribution in [0.2, 0.25) is 0 Å². The largest absolute Gasteiger partial charge is 0.472 e. The molecule has 1 aromatic rings. The molecule has 2 aliphatic carbocycles. The van der Waals surface area contributed by atoms with Crippen LogP contribution in [0.3, 0.4) is 0 Å². The van der Waals surface area contributed by atoms with Gasteiger partial charge in [0.2, 0.25) is 6.29 Å². The molecule has 3 saturated heterocycles. The Labute approximate surface area is 149 Å². The minimum atomic E-state index is -0.998. The summed E-state index contributed by atoms with van der Waals surface area (Å²) in [5.41, 5.74) is 0.893. The molecule has 6 atom stereocenters. The number of allylic oxidation sites excluding steroid dienone is 1. The van der Waals surface area contributed by atoms with Gasteiger partial charge in [0.05, 0.1) is 29.6 Å². The fourth-order valence-corrected chi connectivity index (χ4v) is 6.15. The summed E-state index contributed by atoms with van der Waals surface area (Å²) in [6, 6.07) is 1.87.